The standard InChI is InChI=1S/C32H64N2O/c1-5-7-9-11-13-14-15-16-17-18-19-20-21-22-24-26-31-34(30-25-23-12-10-8-6-2)32(35)28-27-29-33(3)4/h16-17H,5-15,18-31H2,1-4H3. The monoisotopic (exact) mass is 493 g/mol. The number of carbonyl (C=O) groups excluding carboxylic acids is 1. The molecule has 0 unspecified atom stereocenters. The predicted octanol–water partition coefficient (Wildman–Crippen LogP) is 9.55. The Bertz CT molecular complexity index is 460. The van der Waals surface area contributed by atoms with Gasteiger partial charge in [-0.25, -0.2) is 0 Å². The van der Waals surface area contributed by atoms with Gasteiger partial charge < -0.3 is 9.80 Å². The van der Waals surface area contributed by atoms with E-state index < -0.39 is 0 Å². The van der Waals surface area contributed by atoms with E-state index in [9.17, 15) is 4.79 Å². The van der Waals surface area contributed by atoms with Gasteiger partial charge in [0.05, 0.1) is 0 Å². The van der Waals surface area contributed by atoms with Gasteiger partial charge in [-0.05, 0) is 65.6 Å². The van der Waals surface area contributed by atoms with Gasteiger partial charge in [-0.15, -0.1) is 0 Å². The third-order valence-electron chi connectivity index (χ3n) is 7.07. The van der Waals surface area contributed by atoms with Crippen molar-refractivity contribution in [3.05, 3.63) is 12.2 Å². The smallest absolute Gasteiger partial charge is 0.222 e. The van der Waals surface area contributed by atoms with Crippen LogP contribution in [0.4, 0.5) is 0 Å². The van der Waals surface area contributed by atoms with Crippen molar-refractivity contribution in [2.24, 2.45) is 0 Å². The molecule has 0 spiro atoms. The van der Waals surface area contributed by atoms with Crippen LogP contribution in [0.25, 0.3) is 0 Å². The van der Waals surface area contributed by atoms with Crippen LogP contribution in [0.15, 0.2) is 12.2 Å². The van der Waals surface area contributed by atoms with E-state index >= 15 is 0 Å². The molecular weight excluding hydrogens is 428 g/mol. The van der Waals surface area contributed by atoms with Crippen LogP contribution < -0.4 is 0 Å². The minimum atomic E-state index is 0.383. The van der Waals surface area contributed by atoms with Crippen LogP contribution in [0.2, 0.25) is 0 Å². The van der Waals surface area contributed by atoms with Gasteiger partial charge >= 0.3 is 0 Å². The average Bonchev–Trinajstić information content (AvgIpc) is 2.84. The fraction of sp³-hybridized carbons (Fsp3) is 0.906. The van der Waals surface area contributed by atoms with Crippen LogP contribution in [0, 0.1) is 0 Å². The Kier molecular flexibility index (Phi) is 27.1. The molecule has 0 saturated carbocycles. The van der Waals surface area contributed by atoms with Gasteiger partial charge in [-0.2, -0.15) is 0 Å². The summed E-state index contributed by atoms with van der Waals surface area (Å²) in [6.45, 7) is 7.49. The van der Waals surface area contributed by atoms with Crippen molar-refractivity contribution in [3.63, 3.8) is 0 Å². The highest BCUT2D eigenvalue weighted by Crippen LogP contribution is 2.12. The van der Waals surface area contributed by atoms with Crippen LogP contribution in [-0.4, -0.2) is 49.4 Å². The van der Waals surface area contributed by atoms with Crippen molar-refractivity contribution in [1.82, 2.24) is 9.80 Å². The molecule has 1 amide bonds. The summed E-state index contributed by atoms with van der Waals surface area (Å²) in [6, 6.07) is 0. The van der Waals surface area contributed by atoms with Gasteiger partial charge in [0.15, 0.2) is 0 Å². The lowest BCUT2D eigenvalue weighted by molar-refractivity contribution is -0.131. The number of unbranched alkanes of at least 4 members (excludes halogenated alkanes) is 17. The zero-order valence-corrected chi connectivity index (χ0v) is 24.6. The van der Waals surface area contributed by atoms with E-state index in [2.05, 4.69) is 49.9 Å². The lowest BCUT2D eigenvalue weighted by Gasteiger charge is -2.23. The first-order chi connectivity index (χ1) is 17.1. The van der Waals surface area contributed by atoms with E-state index in [0.717, 1.165) is 26.1 Å². The van der Waals surface area contributed by atoms with E-state index in [4.69, 9.17) is 0 Å². The number of allylic oxidation sites excluding steroid dienone is 2. The maximum atomic E-state index is 12.8. The van der Waals surface area contributed by atoms with Crippen LogP contribution in [0.1, 0.15) is 155 Å². The molecule has 0 aliphatic heterocycles. The SMILES string of the molecule is CCCCCCCCC=CCCCCCCCCN(CCCCCCCC)C(=O)CCCN(C)C. The van der Waals surface area contributed by atoms with Crippen LogP contribution >= 0.6 is 0 Å². The predicted molar refractivity (Wildman–Crippen MR) is 157 cm³/mol. The summed E-state index contributed by atoms with van der Waals surface area (Å²) in [6.07, 6.45) is 33.0. The van der Waals surface area contributed by atoms with Crippen molar-refractivity contribution in [1.29, 1.82) is 0 Å². The topological polar surface area (TPSA) is 23.6 Å². The van der Waals surface area contributed by atoms with Gasteiger partial charge in [0, 0.05) is 19.5 Å². The molecule has 0 saturated heterocycles. The Labute approximate surface area is 221 Å². The van der Waals surface area contributed by atoms with Crippen molar-refractivity contribution in [3.8, 4) is 0 Å². The van der Waals surface area contributed by atoms with Gasteiger partial charge in [0.25, 0.3) is 0 Å². The van der Waals surface area contributed by atoms with Crippen molar-refractivity contribution in [2.45, 2.75) is 155 Å². The highest BCUT2D eigenvalue weighted by Gasteiger charge is 2.12. The maximum Gasteiger partial charge on any atom is 0.222 e. The normalized spacial score (nSPS) is 11.7. The molecule has 3 heteroatoms. The zero-order chi connectivity index (χ0) is 25.8. The number of rotatable bonds is 27. The van der Waals surface area contributed by atoms with E-state index in [1.165, 1.54) is 128 Å². The highest BCUT2D eigenvalue weighted by molar-refractivity contribution is 5.76. The lowest BCUT2D eigenvalue weighted by atomic mass is 10.1. The second-order valence-corrected chi connectivity index (χ2v) is 11.0. The maximum absolute atomic E-state index is 12.8. The fourth-order valence-electron chi connectivity index (χ4n) is 4.70. The minimum absolute atomic E-state index is 0.383. The molecule has 0 aliphatic rings. The summed E-state index contributed by atoms with van der Waals surface area (Å²) in [4.78, 5) is 17.1. The molecule has 0 aromatic heterocycles. The van der Waals surface area contributed by atoms with Crippen molar-refractivity contribution in [2.75, 3.05) is 33.7 Å². The summed E-state index contributed by atoms with van der Waals surface area (Å²) in [5.41, 5.74) is 0. The average molecular weight is 493 g/mol. The second kappa shape index (κ2) is 27.8. The van der Waals surface area contributed by atoms with Gasteiger partial charge in [-0.1, -0.05) is 116 Å². The van der Waals surface area contributed by atoms with Crippen molar-refractivity contribution < 1.29 is 4.79 Å². The molecular formula is C32H64N2O. The molecule has 35 heavy (non-hydrogen) atoms. The van der Waals surface area contributed by atoms with E-state index in [1.54, 1.807) is 0 Å². The third-order valence-corrected chi connectivity index (χ3v) is 7.07. The molecule has 0 radical (unpaired) electrons. The Morgan fingerprint density at radius 3 is 1.34 bits per heavy atom. The Balaban J connectivity index is 3.84. The lowest BCUT2D eigenvalue weighted by Crippen LogP contribution is -2.33. The molecule has 0 heterocycles. The molecule has 0 fully saturated rings. The molecule has 3 nitrogen and oxygen atoms in total. The number of carbonyl (C=O) groups is 1. The summed E-state index contributed by atoms with van der Waals surface area (Å²) in [7, 11) is 4.18. The Morgan fingerprint density at radius 1 is 0.514 bits per heavy atom. The number of hydrogen-bond acceptors (Lipinski definition) is 2. The van der Waals surface area contributed by atoms with E-state index in [0.29, 0.717) is 12.3 Å². The molecule has 0 aromatic rings. The molecule has 0 aliphatic carbocycles. The molecule has 208 valence electrons. The Hall–Kier alpha value is -0.830. The van der Waals surface area contributed by atoms with Crippen LogP contribution in [0.3, 0.4) is 0 Å². The fourth-order valence-corrected chi connectivity index (χ4v) is 4.70. The highest BCUT2D eigenvalue weighted by atomic mass is 16.2. The van der Waals surface area contributed by atoms with E-state index in [1.807, 2.05) is 0 Å². The summed E-state index contributed by atoms with van der Waals surface area (Å²) in [5, 5.41) is 0. The first-order valence-corrected chi connectivity index (χ1v) is 15.7. The first-order valence-electron chi connectivity index (χ1n) is 15.7. The zero-order valence-electron chi connectivity index (χ0n) is 24.6. The van der Waals surface area contributed by atoms with Gasteiger partial charge in [0.2, 0.25) is 5.91 Å². The van der Waals surface area contributed by atoms with Gasteiger partial charge in [0.1, 0.15) is 0 Å². The molecule has 0 bridgehead atoms. The quantitative estimate of drug-likeness (QED) is 0.0841. The first kappa shape index (κ1) is 34.2. The van der Waals surface area contributed by atoms with Crippen molar-refractivity contribution >= 4 is 5.91 Å². The largest absolute Gasteiger partial charge is 0.343 e. The minimum Gasteiger partial charge on any atom is -0.343 e. The number of hydrogen-bond donors (Lipinski definition) is 0. The molecule has 0 atom stereocenters. The van der Waals surface area contributed by atoms with E-state index in [-0.39, 0.29) is 0 Å². The third kappa shape index (κ3) is 26.1. The van der Waals surface area contributed by atoms with Gasteiger partial charge in [-0.3, -0.25) is 4.79 Å². The summed E-state index contributed by atoms with van der Waals surface area (Å²) < 4.78 is 0. The van der Waals surface area contributed by atoms with Crippen LogP contribution in [-0.2, 0) is 4.79 Å². The number of nitrogens with zero attached hydrogens (tertiary/aromatic N) is 2. The number of amides is 1. The Morgan fingerprint density at radius 2 is 0.914 bits per heavy atom. The molecule has 0 N–H and O–H groups in total. The molecule has 0 rings (SSSR count). The second-order valence-electron chi connectivity index (χ2n) is 11.0. The summed E-state index contributed by atoms with van der Waals surface area (Å²) in [5.74, 6) is 0.383. The summed E-state index contributed by atoms with van der Waals surface area (Å²) >= 11 is 0. The molecule has 0 aromatic carbocycles. The van der Waals surface area contributed by atoms with Crippen LogP contribution in [0.5, 0.6) is 0 Å².